The van der Waals surface area contributed by atoms with Crippen LogP contribution in [-0.4, -0.2) is 122 Å². The molecule has 20 unspecified atom stereocenters. The van der Waals surface area contributed by atoms with Gasteiger partial charge >= 0.3 is 0 Å². The highest BCUT2D eigenvalue weighted by Gasteiger charge is 2.59. The molecule has 0 heterocycles. The Bertz CT molecular complexity index is 4630. The highest BCUT2D eigenvalue weighted by Crippen LogP contribution is 2.69. The van der Waals surface area contributed by atoms with Crippen LogP contribution in [0.4, 0.5) is 0 Å². The fourth-order valence-corrected chi connectivity index (χ4v) is 34.7. The number of aliphatic hydroxyl groups is 11. The van der Waals surface area contributed by atoms with Gasteiger partial charge in [-0.05, 0) is 464 Å². The molecule has 0 saturated heterocycles. The molecule has 0 radical (unpaired) electrons. The number of hydrogen-bond acceptors (Lipinski definition) is 11. The van der Waals surface area contributed by atoms with Gasteiger partial charge < -0.3 is 56.2 Å². The van der Waals surface area contributed by atoms with Gasteiger partial charge in [0.1, 0.15) is 0 Å². The maximum Gasteiger partial charge on any atom is 0.0849 e. The summed E-state index contributed by atoms with van der Waals surface area (Å²) in [4.78, 5) is 0. The molecular weight excluding hydrogens is 1850 g/mol. The van der Waals surface area contributed by atoms with Gasteiger partial charge in [-0.3, -0.25) is 0 Å². The normalized spacial score (nSPS) is 38.2. The summed E-state index contributed by atoms with van der Waals surface area (Å²) in [6.45, 7) is 64.7. The molecule has 30 atom stereocenters. The average Bonchev–Trinajstić information content (AvgIpc) is 1.23. The van der Waals surface area contributed by atoms with Crippen LogP contribution in [0.2, 0.25) is 0 Å². The molecular formula is C139H236O11. The average molecular weight is 2080 g/mol. The van der Waals surface area contributed by atoms with Gasteiger partial charge in [0.15, 0.2) is 0 Å². The van der Waals surface area contributed by atoms with Gasteiger partial charge in [0, 0.05) is 12.8 Å². The van der Waals surface area contributed by atoms with Gasteiger partial charge in [-0.15, -0.1) is 0 Å². The molecule has 11 heteroatoms. The first-order valence-electron chi connectivity index (χ1n) is 61.0. The van der Waals surface area contributed by atoms with E-state index in [9.17, 15) is 56.2 Å². The largest absolute Gasteiger partial charge is 0.393 e. The van der Waals surface area contributed by atoms with Gasteiger partial charge in [-0.1, -0.05) is 329 Å². The molecule has 0 aromatic carbocycles. The second-order valence-electron chi connectivity index (χ2n) is 56.6. The van der Waals surface area contributed by atoms with E-state index in [1.807, 2.05) is 27.7 Å². The van der Waals surface area contributed by atoms with E-state index < -0.39 is 47.3 Å². The van der Waals surface area contributed by atoms with Crippen molar-refractivity contribution in [1.82, 2.24) is 0 Å². The highest BCUT2D eigenvalue weighted by molar-refractivity contribution is 5.44. The van der Waals surface area contributed by atoms with Crippen LogP contribution in [0.1, 0.15) is 503 Å². The smallest absolute Gasteiger partial charge is 0.0849 e. The molecule has 16 aliphatic rings. The summed E-state index contributed by atoms with van der Waals surface area (Å²) in [5.41, 5.74) is 18.6. The fraction of sp³-hybridized carbons (Fsp3) is 0.799. The van der Waals surface area contributed by atoms with Crippen LogP contribution in [0.25, 0.3) is 0 Å². The lowest BCUT2D eigenvalue weighted by atomic mass is 9.50. The van der Waals surface area contributed by atoms with E-state index in [1.54, 1.807) is 41.7 Å². The minimum atomic E-state index is -1.04. The Labute approximate surface area is 922 Å². The number of fused-ring (bicyclic) bond motifs is 9. The van der Waals surface area contributed by atoms with E-state index in [0.717, 1.165) is 189 Å². The van der Waals surface area contributed by atoms with Crippen LogP contribution in [-0.2, 0) is 0 Å². The molecule has 11 nitrogen and oxygen atoms in total. The lowest BCUT2D eigenvalue weighted by Crippen LogP contribution is -2.46. The van der Waals surface area contributed by atoms with Crippen molar-refractivity contribution in [3.63, 3.8) is 0 Å². The highest BCUT2D eigenvalue weighted by atomic mass is 16.3. The Hall–Kier alpha value is -4.08. The molecule has 0 amide bonds. The quantitative estimate of drug-likeness (QED) is 0.0338. The van der Waals surface area contributed by atoms with Gasteiger partial charge in [-0.2, -0.15) is 0 Å². The third-order valence-electron chi connectivity index (χ3n) is 43.6. The molecule has 16 rings (SSSR count). The van der Waals surface area contributed by atoms with Gasteiger partial charge in [-0.25, -0.2) is 0 Å². The first kappa shape index (κ1) is 131. The van der Waals surface area contributed by atoms with E-state index in [-0.39, 0.29) is 53.4 Å². The first-order chi connectivity index (χ1) is 68.6. The molecule has 15 saturated carbocycles. The Morgan fingerprint density at radius 1 is 0.320 bits per heavy atom. The maximum absolute atomic E-state index is 10.3. The summed E-state index contributed by atoms with van der Waals surface area (Å²) >= 11 is 0. The number of aliphatic hydroxyl groups excluding tert-OH is 8. The third kappa shape index (κ3) is 32.5. The summed E-state index contributed by atoms with van der Waals surface area (Å²) in [6, 6.07) is 0. The lowest BCUT2D eigenvalue weighted by Gasteiger charge is -2.55. The number of hydrogen-bond donors (Lipinski definition) is 11. The lowest BCUT2D eigenvalue weighted by molar-refractivity contribution is -0.0554. The van der Waals surface area contributed by atoms with E-state index in [4.69, 9.17) is 0 Å². The number of rotatable bonds is 29. The van der Waals surface area contributed by atoms with Crippen molar-refractivity contribution in [3.8, 4) is 0 Å². The van der Waals surface area contributed by atoms with Crippen molar-refractivity contribution in [1.29, 1.82) is 0 Å². The van der Waals surface area contributed by atoms with Crippen molar-refractivity contribution in [2.24, 2.45) is 139 Å². The van der Waals surface area contributed by atoms with Crippen LogP contribution >= 0.6 is 0 Å². The van der Waals surface area contributed by atoms with Crippen molar-refractivity contribution >= 4 is 0 Å². The molecule has 0 aromatic rings. The Kier molecular flexibility index (Phi) is 49.2. The first-order valence-corrected chi connectivity index (χ1v) is 61.0. The summed E-state index contributed by atoms with van der Waals surface area (Å²) in [7, 11) is 0. The molecule has 16 aliphatic carbocycles. The zero-order valence-electron chi connectivity index (χ0n) is 97.1. The SMILES string of the molecule is C.C.C.C.C=C1/C(=C\C=C2/CCCC3(C)C2CCC3[C@@H](C)CCCC(C)(C)O)C[C@H](O)CC1O.C=C1/C(=C\C=C2/CCCC3(C)C2CCC3[C@@H](C)CC[C@@H](O)C(C)(C)O)C[C@H](O)CC1O.C=C1CC[C@@H](O)C/C1=C/C=C1\CCCC2(C)C1CCC2[C@@H](C)CCCC(C)(C)O.C=C1CC[C@@H](O)C/C1=C/C=C1\CCCC2(C)C1CCC2[C@@H](C)CCCC(C)C.CC(C)CCC[C@H](C)C1CCC2C3=CC=C4CC(O)CCC4(C)C3CCC21C. The Morgan fingerprint density at radius 2 is 0.627 bits per heavy atom. The van der Waals surface area contributed by atoms with Crippen molar-refractivity contribution in [3.05, 3.63) is 165 Å². The fourth-order valence-electron chi connectivity index (χ4n) is 34.7. The maximum atomic E-state index is 10.3. The van der Waals surface area contributed by atoms with Crippen LogP contribution < -0.4 is 0 Å². The van der Waals surface area contributed by atoms with E-state index in [1.165, 1.54) is 233 Å². The molecule has 0 aromatic heterocycles. The molecule has 0 aliphatic heterocycles. The Morgan fingerprint density at radius 3 is 0.960 bits per heavy atom. The van der Waals surface area contributed by atoms with Crippen LogP contribution in [0.5, 0.6) is 0 Å². The zero-order valence-corrected chi connectivity index (χ0v) is 97.1. The van der Waals surface area contributed by atoms with Gasteiger partial charge in [0.2, 0.25) is 0 Å². The summed E-state index contributed by atoms with van der Waals surface area (Å²) in [5, 5.41) is 111. The molecule has 0 bridgehead atoms. The predicted octanol–water partition coefficient (Wildman–Crippen LogP) is 34.6. The van der Waals surface area contributed by atoms with Crippen LogP contribution in [0.3, 0.4) is 0 Å². The second-order valence-corrected chi connectivity index (χ2v) is 56.6. The van der Waals surface area contributed by atoms with Crippen LogP contribution in [0, 0.1) is 139 Å². The topological polar surface area (TPSA) is 223 Å². The third-order valence-corrected chi connectivity index (χ3v) is 43.6. The van der Waals surface area contributed by atoms with Crippen molar-refractivity contribution < 1.29 is 56.2 Å². The zero-order chi connectivity index (χ0) is 107. The van der Waals surface area contributed by atoms with E-state index in [2.05, 4.69) is 191 Å². The van der Waals surface area contributed by atoms with Crippen LogP contribution in [0.15, 0.2) is 165 Å². The minimum absolute atomic E-state index is 0. The monoisotopic (exact) mass is 2080 g/mol. The van der Waals surface area contributed by atoms with Gasteiger partial charge in [0.25, 0.3) is 0 Å². The van der Waals surface area contributed by atoms with Gasteiger partial charge in [0.05, 0.1) is 65.6 Å². The molecule has 0 spiro atoms. The standard InChI is InChI=1S/C27H44O4.C27H44O3.C27H44O2.2C27H44O.4CH4/c1-17(8-13-25(30)26(3,4)31)22-11-12-23-19(7-6-14-27(22,23)5)9-10-20-15-21(28)16-24(29)18(20)2;1-18(8-6-14-26(3,4)30)23-12-13-24-20(9-7-15-27(23,24)5)10-11-21-16-22(28)17-25(29)19(21)2;1-19-10-13-23(28)18-22(19)12-11-21-9-7-17-27(5)24(14-15-25(21)27)20(2)8-6-16-26(3,4)29;1-18(2)7-6-8-19(3)23-11-12-24-22-10-9-20-17-21(28)13-15-26(20,4)25(22)14-16-27(23,24)5;1-19(2)8-6-9-21(4)25-15-16-26-22(10-7-17-27(25,26)5)12-13-23-18-24(28)14-11-20(23)3;;;;/h9-10,17,21-25,28-31H,2,6-8,11-16H2,1,3-5H3;10-11,18,22-25,28-30H,2,6-9,12-17H2,1,3-5H3;11-12,20,23-25,28-29H,1,6-10,13-18H2,2-5H3;9-10,18-19,21,23-25,28H,6-8,11-17H2,1-5H3;12-13,19,21,24-26,28H,3,6-11,14-18H2,1-2,4-5H3;4*1H4/b19-9+,20-10-;20-10+,21-11-;21-11+,22-12-;;22-12+,23-13-;;;;/t17-,21-,22?,23?,24?,25+,27?;18-,22-,23?,24?,25?,27?;20-,23+,24?,25?,27?;19-,21?,23?,24?,25?,26?,27?;21-,24+,25?,26?,27?;;;;/m00000..../s1. The molecule has 150 heavy (non-hydrogen) atoms. The molecule has 858 valence electrons. The molecule has 11 N–H and O–H groups in total. The van der Waals surface area contributed by atoms with E-state index >= 15 is 0 Å². The predicted molar refractivity (Wildman–Crippen MR) is 639 cm³/mol. The van der Waals surface area contributed by atoms with Crippen molar-refractivity contribution in [2.75, 3.05) is 0 Å². The Balaban J connectivity index is 0.000000227. The second kappa shape index (κ2) is 56.3. The minimum Gasteiger partial charge on any atom is -0.393 e. The van der Waals surface area contributed by atoms with E-state index in [0.29, 0.717) is 88.8 Å². The summed E-state index contributed by atoms with van der Waals surface area (Å²) in [6.07, 6.45) is 77.9. The summed E-state index contributed by atoms with van der Waals surface area (Å²) in [5.74, 6) is 13.7. The summed E-state index contributed by atoms with van der Waals surface area (Å²) < 4.78 is 0. The number of allylic oxidation sites excluding steroid dienone is 17. The van der Waals surface area contributed by atoms with Crippen molar-refractivity contribution in [2.45, 2.75) is 568 Å². The molecule has 15 fully saturated rings.